The van der Waals surface area contributed by atoms with E-state index in [1.165, 1.54) is 6.20 Å². The quantitative estimate of drug-likeness (QED) is 0.161. The summed E-state index contributed by atoms with van der Waals surface area (Å²) in [6.07, 6.45) is 1.52. The van der Waals surface area contributed by atoms with Gasteiger partial charge in [-0.1, -0.05) is 6.07 Å². The molecule has 1 aliphatic heterocycles. The Morgan fingerprint density at radius 3 is 2.42 bits per heavy atom. The van der Waals surface area contributed by atoms with Crippen LogP contribution in [0.25, 0.3) is 0 Å². The number of nitrogens with zero attached hydrogens (tertiary/aromatic N) is 4. The molecule has 204 valence electrons. The molecule has 40 heavy (non-hydrogen) atoms. The van der Waals surface area contributed by atoms with Crippen LogP contribution in [0.2, 0.25) is 0 Å². The molecule has 2 amide bonds. The maximum absolute atomic E-state index is 12.6. The molecule has 0 aliphatic carbocycles. The molecule has 2 aromatic heterocycles. The lowest BCUT2D eigenvalue weighted by Crippen LogP contribution is -2.36. The van der Waals surface area contributed by atoms with Crippen LogP contribution in [0.1, 0.15) is 16.3 Å². The van der Waals surface area contributed by atoms with Gasteiger partial charge in [-0.15, -0.1) is 0 Å². The highest BCUT2D eigenvalue weighted by Gasteiger charge is 2.14. The SMILES string of the molecule is Cc1nc(Nc2cccc(NC(=O)Nc3ccc(Oc4ccnc(C(=O)I)c4)cc3)c2)cc(N2CCOCC2)n1. The van der Waals surface area contributed by atoms with E-state index in [0.717, 1.165) is 24.6 Å². The van der Waals surface area contributed by atoms with Gasteiger partial charge in [0, 0.05) is 71.1 Å². The number of carbonyl (C=O) groups excluding carboxylic acids is 2. The first-order valence-electron chi connectivity index (χ1n) is 12.5. The molecule has 11 nitrogen and oxygen atoms in total. The first-order chi connectivity index (χ1) is 19.4. The molecule has 3 N–H and O–H groups in total. The number of aromatic nitrogens is 3. The van der Waals surface area contributed by atoms with Crippen molar-refractivity contribution in [3.8, 4) is 11.5 Å². The number of pyridine rings is 1. The van der Waals surface area contributed by atoms with E-state index in [9.17, 15) is 9.59 Å². The van der Waals surface area contributed by atoms with Crippen LogP contribution in [0.3, 0.4) is 0 Å². The average molecular weight is 651 g/mol. The Bertz CT molecular complexity index is 1510. The summed E-state index contributed by atoms with van der Waals surface area (Å²) < 4.78 is 11.1. The maximum Gasteiger partial charge on any atom is 0.323 e. The average Bonchev–Trinajstić information content (AvgIpc) is 2.94. The predicted octanol–water partition coefficient (Wildman–Crippen LogP) is 5.77. The molecule has 1 saturated heterocycles. The summed E-state index contributed by atoms with van der Waals surface area (Å²) in [5.74, 6) is 3.24. The number of morpholine rings is 1. The highest BCUT2D eigenvalue weighted by Crippen LogP contribution is 2.25. The molecule has 4 aromatic rings. The zero-order valence-corrected chi connectivity index (χ0v) is 23.7. The van der Waals surface area contributed by atoms with E-state index in [2.05, 4.69) is 35.8 Å². The molecule has 5 rings (SSSR count). The fourth-order valence-corrected chi connectivity index (χ4v) is 4.31. The Balaban J connectivity index is 1.18. The van der Waals surface area contributed by atoms with E-state index >= 15 is 0 Å². The molecule has 0 radical (unpaired) electrons. The van der Waals surface area contributed by atoms with Gasteiger partial charge in [0.25, 0.3) is 0 Å². The van der Waals surface area contributed by atoms with Gasteiger partial charge < -0.3 is 30.3 Å². The second-order valence-corrected chi connectivity index (χ2v) is 9.80. The topological polar surface area (TPSA) is 131 Å². The summed E-state index contributed by atoms with van der Waals surface area (Å²) in [4.78, 5) is 39.4. The fraction of sp³-hybridized carbons (Fsp3) is 0.179. The summed E-state index contributed by atoms with van der Waals surface area (Å²) in [6.45, 7) is 4.78. The Labute approximate surface area is 244 Å². The number of benzene rings is 2. The van der Waals surface area contributed by atoms with Crippen LogP contribution in [0.5, 0.6) is 11.5 Å². The summed E-state index contributed by atoms with van der Waals surface area (Å²) in [5.41, 5.74) is 2.29. The lowest BCUT2D eigenvalue weighted by atomic mass is 10.2. The Morgan fingerprint density at radius 2 is 1.65 bits per heavy atom. The van der Waals surface area contributed by atoms with E-state index in [4.69, 9.17) is 9.47 Å². The maximum atomic E-state index is 12.6. The predicted molar refractivity (Wildman–Crippen MR) is 161 cm³/mol. The molecule has 1 fully saturated rings. The number of hydrogen-bond acceptors (Lipinski definition) is 9. The van der Waals surface area contributed by atoms with Gasteiger partial charge >= 0.3 is 6.03 Å². The van der Waals surface area contributed by atoms with Crippen LogP contribution in [-0.4, -0.2) is 51.1 Å². The van der Waals surface area contributed by atoms with Crippen molar-refractivity contribution < 1.29 is 19.1 Å². The first kappa shape index (κ1) is 27.3. The Hall–Kier alpha value is -4.30. The Kier molecular flexibility index (Phi) is 8.66. The van der Waals surface area contributed by atoms with Gasteiger partial charge in [0.05, 0.1) is 13.2 Å². The van der Waals surface area contributed by atoms with Gasteiger partial charge in [0.1, 0.15) is 34.7 Å². The van der Waals surface area contributed by atoms with Crippen molar-refractivity contribution in [3.63, 3.8) is 0 Å². The van der Waals surface area contributed by atoms with Gasteiger partial charge in [-0.2, -0.15) is 0 Å². The lowest BCUT2D eigenvalue weighted by molar-refractivity contribution is 0.110. The molecular formula is C28H26IN7O4. The number of ether oxygens (including phenoxy) is 2. The van der Waals surface area contributed by atoms with Crippen molar-refractivity contribution >= 4 is 61.1 Å². The van der Waals surface area contributed by atoms with Gasteiger partial charge in [0.2, 0.25) is 3.79 Å². The zero-order chi connectivity index (χ0) is 27.9. The van der Waals surface area contributed by atoms with Crippen LogP contribution in [0, 0.1) is 6.92 Å². The number of hydrogen-bond donors (Lipinski definition) is 3. The van der Waals surface area contributed by atoms with E-state index in [0.29, 0.717) is 53.4 Å². The smallest absolute Gasteiger partial charge is 0.323 e. The summed E-state index contributed by atoms with van der Waals surface area (Å²) in [6, 6.07) is 19.0. The number of aryl methyl sites for hydroxylation is 1. The summed E-state index contributed by atoms with van der Waals surface area (Å²) >= 11 is 1.68. The lowest BCUT2D eigenvalue weighted by Gasteiger charge is -2.28. The zero-order valence-electron chi connectivity index (χ0n) is 21.6. The Morgan fingerprint density at radius 1 is 0.900 bits per heavy atom. The number of nitrogens with one attached hydrogen (secondary N) is 3. The van der Waals surface area contributed by atoms with E-state index < -0.39 is 6.03 Å². The monoisotopic (exact) mass is 651 g/mol. The van der Waals surface area contributed by atoms with Crippen LogP contribution >= 0.6 is 22.6 Å². The number of carbonyl (C=O) groups is 2. The standard InChI is InChI=1S/C28H26IN7O4/c1-18-31-25(17-26(32-18)36-11-13-39-14-12-36)33-20-3-2-4-21(15-20)35-28(38)34-19-5-7-22(8-6-19)40-23-9-10-30-24(16-23)27(29)37/h2-10,15-17H,11-14H2,1H3,(H,31,32,33)(H2,34,35,38). The molecule has 0 spiro atoms. The van der Waals surface area contributed by atoms with Crippen molar-refractivity contribution in [1.29, 1.82) is 0 Å². The van der Waals surface area contributed by atoms with Crippen molar-refractivity contribution in [2.45, 2.75) is 6.92 Å². The largest absolute Gasteiger partial charge is 0.457 e. The third-order valence-electron chi connectivity index (χ3n) is 5.83. The highest BCUT2D eigenvalue weighted by atomic mass is 127. The third-order valence-corrected chi connectivity index (χ3v) is 6.39. The van der Waals surface area contributed by atoms with Crippen molar-refractivity contribution in [3.05, 3.63) is 84.4 Å². The number of rotatable bonds is 8. The molecule has 0 saturated carbocycles. The molecule has 0 unspecified atom stereocenters. The molecule has 0 bridgehead atoms. The van der Waals surface area contributed by atoms with E-state index in [-0.39, 0.29) is 3.79 Å². The second kappa shape index (κ2) is 12.7. The summed E-state index contributed by atoms with van der Waals surface area (Å²) in [7, 11) is 0. The first-order valence-corrected chi connectivity index (χ1v) is 13.6. The second-order valence-electron chi connectivity index (χ2n) is 8.82. The molecule has 1 aliphatic rings. The molecular weight excluding hydrogens is 625 g/mol. The summed E-state index contributed by atoms with van der Waals surface area (Å²) in [5, 5.41) is 8.96. The van der Waals surface area contributed by atoms with Gasteiger partial charge in [-0.05, 0) is 55.5 Å². The normalized spacial score (nSPS) is 12.9. The van der Waals surface area contributed by atoms with Crippen LogP contribution < -0.4 is 25.6 Å². The fourth-order valence-electron chi connectivity index (χ4n) is 4.01. The molecule has 2 aromatic carbocycles. The number of amides is 2. The van der Waals surface area contributed by atoms with Gasteiger partial charge in [-0.25, -0.2) is 14.8 Å². The van der Waals surface area contributed by atoms with Crippen LogP contribution in [0.15, 0.2) is 72.9 Å². The number of anilines is 5. The van der Waals surface area contributed by atoms with Crippen molar-refractivity contribution in [2.75, 3.05) is 47.2 Å². The highest BCUT2D eigenvalue weighted by molar-refractivity contribution is 14.1. The van der Waals surface area contributed by atoms with Gasteiger partial charge in [-0.3, -0.25) is 9.78 Å². The van der Waals surface area contributed by atoms with Crippen molar-refractivity contribution in [1.82, 2.24) is 15.0 Å². The minimum absolute atomic E-state index is 0.169. The number of urea groups is 1. The molecule has 0 atom stereocenters. The van der Waals surface area contributed by atoms with Crippen LogP contribution in [-0.2, 0) is 4.74 Å². The third kappa shape index (κ3) is 7.42. The minimum Gasteiger partial charge on any atom is -0.457 e. The van der Waals surface area contributed by atoms with Crippen LogP contribution in [0.4, 0.5) is 33.5 Å². The van der Waals surface area contributed by atoms with E-state index in [1.807, 2.05) is 31.2 Å². The number of halogens is 1. The van der Waals surface area contributed by atoms with E-state index in [1.54, 1.807) is 65.1 Å². The molecule has 12 heteroatoms. The minimum atomic E-state index is -0.391. The van der Waals surface area contributed by atoms with Gasteiger partial charge in [0.15, 0.2) is 0 Å². The van der Waals surface area contributed by atoms with Crippen molar-refractivity contribution in [2.24, 2.45) is 0 Å². The molecule has 3 heterocycles.